The molecule has 4 rings (SSSR count). The molecule has 0 saturated heterocycles. The lowest BCUT2D eigenvalue weighted by molar-refractivity contribution is -0.697. The number of aromatic nitrogens is 2. The monoisotopic (exact) mass is 493 g/mol. The van der Waals surface area contributed by atoms with Crippen LogP contribution in [0, 0.1) is 0 Å². The van der Waals surface area contributed by atoms with Crippen LogP contribution >= 0.6 is 0 Å². The Kier molecular flexibility index (Phi) is 7.33. The Hall–Kier alpha value is -4.60. The molecule has 10 heteroatoms. The fourth-order valence-electron chi connectivity index (χ4n) is 3.69. The summed E-state index contributed by atoms with van der Waals surface area (Å²) in [7, 11) is 0. The summed E-state index contributed by atoms with van der Waals surface area (Å²) in [5, 5.41) is 19.7. The molecule has 0 radical (unpaired) electrons. The summed E-state index contributed by atoms with van der Waals surface area (Å²) in [5.41, 5.74) is 0.978. The van der Waals surface area contributed by atoms with E-state index in [9.17, 15) is 24.6 Å². The number of aryl methyl sites for hydroxylation is 1. The van der Waals surface area contributed by atoms with Gasteiger partial charge in [-0.15, -0.1) is 4.73 Å². The van der Waals surface area contributed by atoms with Gasteiger partial charge in [0.15, 0.2) is 12.4 Å². The van der Waals surface area contributed by atoms with Gasteiger partial charge < -0.3 is 24.2 Å². The van der Waals surface area contributed by atoms with Crippen molar-refractivity contribution < 1.29 is 38.4 Å². The van der Waals surface area contributed by atoms with E-state index in [-0.39, 0.29) is 18.2 Å². The van der Waals surface area contributed by atoms with Crippen molar-refractivity contribution in [3.8, 4) is 28.6 Å². The lowest BCUT2D eigenvalue weighted by atomic mass is 10.1. The Morgan fingerprint density at radius 3 is 2.39 bits per heavy atom. The fourth-order valence-corrected chi connectivity index (χ4v) is 3.69. The molecule has 1 aromatic carbocycles. The van der Waals surface area contributed by atoms with Gasteiger partial charge in [-0.05, 0) is 31.0 Å². The van der Waals surface area contributed by atoms with Gasteiger partial charge in [-0.3, -0.25) is 4.79 Å². The number of nitrogens with zero attached hydrogens (tertiary/aromatic N) is 2. The lowest BCUT2D eigenvalue weighted by Crippen LogP contribution is -2.32. The highest BCUT2D eigenvalue weighted by Crippen LogP contribution is 2.24. The van der Waals surface area contributed by atoms with E-state index in [0.29, 0.717) is 39.0 Å². The second kappa shape index (κ2) is 10.8. The van der Waals surface area contributed by atoms with E-state index in [1.54, 1.807) is 18.2 Å². The maximum Gasteiger partial charge on any atom is 0.344 e. The summed E-state index contributed by atoms with van der Waals surface area (Å²) in [4.78, 5) is 40.4. The Labute approximate surface area is 205 Å². The molecule has 0 aliphatic rings. The Bertz CT molecular complexity index is 1430. The molecule has 3 aromatic heterocycles. The molecular formula is C26H25N2O8+. The third-order valence-corrected chi connectivity index (χ3v) is 5.46. The summed E-state index contributed by atoms with van der Waals surface area (Å²) in [6, 6.07) is 12.7. The minimum absolute atomic E-state index is 0.154. The molecule has 0 amide bonds. The van der Waals surface area contributed by atoms with Gasteiger partial charge in [0.2, 0.25) is 11.8 Å². The van der Waals surface area contributed by atoms with Crippen LogP contribution in [0.5, 0.6) is 17.5 Å². The van der Waals surface area contributed by atoms with Crippen molar-refractivity contribution in [3.63, 3.8) is 0 Å². The number of carbonyl (C=O) groups excluding carboxylic acids is 2. The molecule has 0 bridgehead atoms. The normalized spacial score (nSPS) is 10.9. The summed E-state index contributed by atoms with van der Waals surface area (Å²) in [6.45, 7) is 2.02. The molecule has 0 atom stereocenters. The van der Waals surface area contributed by atoms with Gasteiger partial charge in [0.1, 0.15) is 17.9 Å². The summed E-state index contributed by atoms with van der Waals surface area (Å²) < 4.78 is 13.1. The molecule has 0 aliphatic carbocycles. The maximum absolute atomic E-state index is 12.5. The van der Waals surface area contributed by atoms with Crippen LogP contribution in [-0.2, 0) is 16.1 Å². The van der Waals surface area contributed by atoms with Crippen molar-refractivity contribution in [1.82, 2.24) is 4.73 Å². The molecule has 0 unspecified atom stereocenters. The van der Waals surface area contributed by atoms with Crippen molar-refractivity contribution in [2.75, 3.05) is 0 Å². The van der Waals surface area contributed by atoms with E-state index >= 15 is 0 Å². The van der Waals surface area contributed by atoms with Crippen LogP contribution in [0.4, 0.5) is 0 Å². The number of ether oxygens (including phenoxy) is 1. The molecule has 0 fully saturated rings. The van der Waals surface area contributed by atoms with Gasteiger partial charge in [-0.1, -0.05) is 0 Å². The highest BCUT2D eigenvalue weighted by Gasteiger charge is 2.13. The summed E-state index contributed by atoms with van der Waals surface area (Å²) >= 11 is 0. The fraction of sp³-hybridized carbons (Fsp3) is 0.231. The van der Waals surface area contributed by atoms with Gasteiger partial charge in [-0.25, -0.2) is 14.2 Å². The van der Waals surface area contributed by atoms with Gasteiger partial charge in [0.25, 0.3) is 0 Å². The van der Waals surface area contributed by atoms with E-state index in [1.807, 2.05) is 29.1 Å². The van der Waals surface area contributed by atoms with Gasteiger partial charge in [0.05, 0.1) is 5.56 Å². The van der Waals surface area contributed by atoms with Crippen LogP contribution < -0.4 is 19.8 Å². The molecule has 186 valence electrons. The van der Waals surface area contributed by atoms with Crippen molar-refractivity contribution in [2.45, 2.75) is 39.2 Å². The standard InChI is InChI=1S/C26H24N2O8/c1-17(29)34-20-7-6-19-15-21(26(33)35-22(19)16-20)18-10-13-27(14-11-18)12-4-2-3-5-25(32)36-28-23(30)8-9-24(28)31/h6-11,13-16H,2-5,12H2,1H3,(H-,30,31)/p+1. The van der Waals surface area contributed by atoms with Crippen LogP contribution in [0.25, 0.3) is 22.1 Å². The zero-order valence-corrected chi connectivity index (χ0v) is 19.5. The highest BCUT2D eigenvalue weighted by molar-refractivity contribution is 5.83. The van der Waals surface area contributed by atoms with Crippen LogP contribution in [-0.4, -0.2) is 26.9 Å². The molecular weight excluding hydrogens is 468 g/mol. The number of carbonyl (C=O) groups is 2. The number of hydrogen-bond donors (Lipinski definition) is 2. The number of fused-ring (bicyclic) bond motifs is 1. The number of rotatable bonds is 9. The first kappa shape index (κ1) is 24.5. The molecule has 10 nitrogen and oxygen atoms in total. The first-order valence-corrected chi connectivity index (χ1v) is 11.4. The van der Waals surface area contributed by atoms with E-state index in [1.165, 1.54) is 25.1 Å². The SMILES string of the molecule is CC(=O)Oc1ccc2cc(-c3cc[n+](CCCCCC(=O)On4c(O)ccc4O)cc3)c(=O)oc2c1. The molecule has 2 N–H and O–H groups in total. The maximum atomic E-state index is 12.5. The smallest absolute Gasteiger partial charge is 0.344 e. The minimum Gasteiger partial charge on any atom is -0.492 e. The average molecular weight is 493 g/mol. The Morgan fingerprint density at radius 2 is 1.69 bits per heavy atom. The molecule has 0 saturated carbocycles. The van der Waals surface area contributed by atoms with Gasteiger partial charge >= 0.3 is 17.6 Å². The largest absolute Gasteiger partial charge is 0.492 e. The quantitative estimate of drug-likeness (QED) is 0.120. The van der Waals surface area contributed by atoms with E-state index in [4.69, 9.17) is 14.0 Å². The van der Waals surface area contributed by atoms with Gasteiger partial charge in [-0.2, -0.15) is 0 Å². The molecule has 0 aliphatic heterocycles. The zero-order chi connectivity index (χ0) is 25.7. The van der Waals surface area contributed by atoms with Crippen LogP contribution in [0.3, 0.4) is 0 Å². The summed E-state index contributed by atoms with van der Waals surface area (Å²) in [6.07, 6.45) is 6.08. The van der Waals surface area contributed by atoms with Crippen molar-refractivity contribution in [3.05, 3.63) is 71.3 Å². The lowest BCUT2D eigenvalue weighted by Gasteiger charge is -2.06. The van der Waals surface area contributed by atoms with Crippen LogP contribution in [0.2, 0.25) is 0 Å². The van der Waals surface area contributed by atoms with Crippen molar-refractivity contribution in [1.29, 1.82) is 0 Å². The predicted octanol–water partition coefficient (Wildman–Crippen LogP) is 3.10. The van der Waals surface area contributed by atoms with Crippen LogP contribution in [0.1, 0.15) is 32.6 Å². The highest BCUT2D eigenvalue weighted by atomic mass is 16.7. The van der Waals surface area contributed by atoms with E-state index < -0.39 is 17.6 Å². The molecule has 0 spiro atoms. The Morgan fingerprint density at radius 1 is 0.972 bits per heavy atom. The third-order valence-electron chi connectivity index (χ3n) is 5.46. The number of benzene rings is 1. The van der Waals surface area contributed by atoms with Crippen LogP contribution in [0.15, 0.2) is 70.1 Å². The number of hydrogen-bond acceptors (Lipinski definition) is 8. The van der Waals surface area contributed by atoms with E-state index in [0.717, 1.165) is 19.4 Å². The molecule has 4 aromatic rings. The number of pyridine rings is 1. The molecule has 36 heavy (non-hydrogen) atoms. The predicted molar refractivity (Wildman–Crippen MR) is 127 cm³/mol. The number of aromatic hydroxyl groups is 2. The zero-order valence-electron chi connectivity index (χ0n) is 19.5. The second-order valence-electron chi connectivity index (χ2n) is 8.18. The number of unbranched alkanes of at least 4 members (excludes halogenated alkanes) is 2. The van der Waals surface area contributed by atoms with Crippen molar-refractivity contribution >= 4 is 22.9 Å². The second-order valence-corrected chi connectivity index (χ2v) is 8.18. The minimum atomic E-state index is -0.550. The van der Waals surface area contributed by atoms with E-state index in [2.05, 4.69) is 0 Å². The Balaban J connectivity index is 1.29. The first-order valence-electron chi connectivity index (χ1n) is 11.4. The number of esters is 1. The molecule has 3 heterocycles. The van der Waals surface area contributed by atoms with Gasteiger partial charge in [0, 0.05) is 61.0 Å². The summed E-state index contributed by atoms with van der Waals surface area (Å²) in [5.74, 6) is -1.40. The third kappa shape index (κ3) is 5.90. The van der Waals surface area contributed by atoms with Crippen molar-refractivity contribution in [2.24, 2.45) is 0 Å². The average Bonchev–Trinajstić information content (AvgIpc) is 3.15. The topological polar surface area (TPSA) is 132 Å². The first-order chi connectivity index (χ1) is 17.3.